The summed E-state index contributed by atoms with van der Waals surface area (Å²) in [6, 6.07) is 33.8. The molecule has 182 valence electrons. The maximum Gasteiger partial charge on any atom is 0.134 e. The molecule has 1 aliphatic heterocycles. The Balaban J connectivity index is 1.51. The Morgan fingerprint density at radius 1 is 0.564 bits per heavy atom. The van der Waals surface area contributed by atoms with Crippen molar-refractivity contribution in [3.8, 4) is 28.6 Å². The van der Waals surface area contributed by atoms with E-state index >= 15 is 0 Å². The molecule has 5 heteroatoms. The molecular formula is C34H20N4O. The van der Waals surface area contributed by atoms with E-state index in [4.69, 9.17) is 14.7 Å². The van der Waals surface area contributed by atoms with Crippen LogP contribution in [0.5, 0.6) is 11.5 Å². The Kier molecular flexibility index (Phi) is 3.93. The molecule has 3 aromatic carbocycles. The van der Waals surface area contributed by atoms with Crippen LogP contribution in [0.15, 0.2) is 122 Å². The van der Waals surface area contributed by atoms with Gasteiger partial charge >= 0.3 is 0 Å². The normalized spacial score (nSPS) is 14.1. The highest BCUT2D eigenvalue weighted by Crippen LogP contribution is 2.62. The molecule has 0 bridgehead atoms. The lowest BCUT2D eigenvalue weighted by atomic mass is 9.66. The molecular weight excluding hydrogens is 480 g/mol. The van der Waals surface area contributed by atoms with Crippen LogP contribution < -0.4 is 4.74 Å². The molecule has 1 aliphatic carbocycles. The Hall–Kier alpha value is -5.29. The molecule has 0 unspecified atom stereocenters. The van der Waals surface area contributed by atoms with Crippen molar-refractivity contribution in [2.45, 2.75) is 5.41 Å². The predicted octanol–water partition coefficient (Wildman–Crippen LogP) is 7.44. The first kappa shape index (κ1) is 20.7. The highest BCUT2D eigenvalue weighted by atomic mass is 16.5. The summed E-state index contributed by atoms with van der Waals surface area (Å²) in [7, 11) is 0. The zero-order chi connectivity index (χ0) is 25.6. The van der Waals surface area contributed by atoms with Gasteiger partial charge in [-0.3, -0.25) is 15.0 Å². The van der Waals surface area contributed by atoms with E-state index in [2.05, 4.69) is 88.4 Å². The summed E-state index contributed by atoms with van der Waals surface area (Å²) in [5, 5.41) is 2.36. The molecule has 0 saturated carbocycles. The van der Waals surface area contributed by atoms with Crippen LogP contribution in [0.3, 0.4) is 0 Å². The molecule has 0 saturated heterocycles. The van der Waals surface area contributed by atoms with Crippen molar-refractivity contribution >= 4 is 21.8 Å². The van der Waals surface area contributed by atoms with Gasteiger partial charge in [-0.2, -0.15) is 0 Å². The second-order valence-electron chi connectivity index (χ2n) is 10.0. The summed E-state index contributed by atoms with van der Waals surface area (Å²) < 4.78 is 9.02. The van der Waals surface area contributed by atoms with Gasteiger partial charge in [-0.05, 0) is 53.6 Å². The minimum atomic E-state index is -0.659. The third kappa shape index (κ3) is 2.47. The summed E-state index contributed by atoms with van der Waals surface area (Å²) in [5.41, 5.74) is 8.78. The molecule has 39 heavy (non-hydrogen) atoms. The molecule has 0 atom stereocenters. The summed E-state index contributed by atoms with van der Waals surface area (Å²) in [4.78, 5) is 14.3. The van der Waals surface area contributed by atoms with Crippen molar-refractivity contribution in [3.05, 3.63) is 144 Å². The third-order valence-electron chi connectivity index (χ3n) is 8.25. The van der Waals surface area contributed by atoms with Crippen molar-refractivity contribution in [1.29, 1.82) is 0 Å². The van der Waals surface area contributed by atoms with Crippen molar-refractivity contribution in [3.63, 3.8) is 0 Å². The largest absolute Gasteiger partial charge is 0.457 e. The number of hydrogen-bond acceptors (Lipinski definition) is 4. The highest BCUT2D eigenvalue weighted by Gasteiger charge is 2.53. The van der Waals surface area contributed by atoms with E-state index in [-0.39, 0.29) is 0 Å². The quantitative estimate of drug-likeness (QED) is 0.235. The molecule has 0 radical (unpaired) electrons. The van der Waals surface area contributed by atoms with Gasteiger partial charge in [0.15, 0.2) is 0 Å². The number of nitrogens with zero attached hydrogens (tertiary/aromatic N) is 4. The number of benzene rings is 3. The highest BCUT2D eigenvalue weighted by molar-refractivity contribution is 6.09. The van der Waals surface area contributed by atoms with Gasteiger partial charge < -0.3 is 9.30 Å². The van der Waals surface area contributed by atoms with Crippen LogP contribution in [0, 0.1) is 0 Å². The monoisotopic (exact) mass is 500 g/mol. The van der Waals surface area contributed by atoms with Crippen LogP contribution in [0.25, 0.3) is 38.9 Å². The standard InChI is InChI=1S/C34H20N4O/c1-3-12-26-21(8-1)22-16-19-35-20-28(22)38(26)27-13-5-15-30-31(27)34(23-9-2-4-14-29(23)39-30)24-10-6-17-36-32(24)33-25(34)11-7-18-37-33/h1-20H. The van der Waals surface area contributed by atoms with E-state index in [9.17, 15) is 0 Å². The molecule has 0 amide bonds. The Morgan fingerprint density at radius 2 is 1.26 bits per heavy atom. The molecule has 0 fully saturated rings. The lowest BCUT2D eigenvalue weighted by Gasteiger charge is -2.40. The third-order valence-corrected chi connectivity index (χ3v) is 8.25. The lowest BCUT2D eigenvalue weighted by Crippen LogP contribution is -2.33. The maximum atomic E-state index is 6.69. The predicted molar refractivity (Wildman–Crippen MR) is 152 cm³/mol. The van der Waals surface area contributed by atoms with Gasteiger partial charge in [0.1, 0.15) is 11.5 Å². The molecule has 7 aromatic rings. The second-order valence-corrected chi connectivity index (χ2v) is 10.0. The number of rotatable bonds is 1. The van der Waals surface area contributed by atoms with Gasteiger partial charge in [0.25, 0.3) is 0 Å². The number of aromatic nitrogens is 4. The van der Waals surface area contributed by atoms with Crippen molar-refractivity contribution < 1.29 is 4.74 Å². The van der Waals surface area contributed by atoms with E-state index in [1.54, 1.807) is 0 Å². The summed E-state index contributed by atoms with van der Waals surface area (Å²) in [6.45, 7) is 0. The van der Waals surface area contributed by atoms with Crippen LogP contribution in [0.1, 0.15) is 22.3 Å². The minimum absolute atomic E-state index is 0.659. The van der Waals surface area contributed by atoms with E-state index in [0.717, 1.165) is 61.9 Å². The smallest absolute Gasteiger partial charge is 0.134 e. The van der Waals surface area contributed by atoms with Gasteiger partial charge in [0.2, 0.25) is 0 Å². The first-order valence-corrected chi connectivity index (χ1v) is 13.0. The van der Waals surface area contributed by atoms with Crippen LogP contribution in [0.4, 0.5) is 0 Å². The summed E-state index contributed by atoms with van der Waals surface area (Å²) in [6.07, 6.45) is 7.53. The summed E-state index contributed by atoms with van der Waals surface area (Å²) in [5.74, 6) is 1.67. The average molecular weight is 501 g/mol. The van der Waals surface area contributed by atoms with E-state index in [1.165, 1.54) is 10.8 Å². The number of hydrogen-bond donors (Lipinski definition) is 0. The van der Waals surface area contributed by atoms with E-state index < -0.39 is 5.41 Å². The van der Waals surface area contributed by atoms with Gasteiger partial charge in [0.05, 0.1) is 39.7 Å². The molecule has 0 N–H and O–H groups in total. The first-order valence-electron chi connectivity index (χ1n) is 13.0. The zero-order valence-corrected chi connectivity index (χ0v) is 20.7. The topological polar surface area (TPSA) is 52.8 Å². The molecule has 5 heterocycles. The molecule has 1 spiro atoms. The molecule has 4 aromatic heterocycles. The molecule has 5 nitrogen and oxygen atoms in total. The van der Waals surface area contributed by atoms with Gasteiger partial charge in [-0.25, -0.2) is 0 Å². The number of ether oxygens (including phenoxy) is 1. The number of fused-ring (bicyclic) bond motifs is 12. The van der Waals surface area contributed by atoms with Gasteiger partial charge in [-0.15, -0.1) is 0 Å². The lowest BCUT2D eigenvalue weighted by molar-refractivity contribution is 0.435. The summed E-state index contributed by atoms with van der Waals surface area (Å²) >= 11 is 0. The fraction of sp³-hybridized carbons (Fsp3) is 0.0294. The van der Waals surface area contributed by atoms with E-state index in [0.29, 0.717) is 0 Å². The van der Waals surface area contributed by atoms with Gasteiger partial charge in [0, 0.05) is 40.5 Å². The second kappa shape index (κ2) is 7.39. The Morgan fingerprint density at radius 3 is 2.10 bits per heavy atom. The van der Waals surface area contributed by atoms with Crippen molar-refractivity contribution in [2.75, 3.05) is 0 Å². The van der Waals surface area contributed by atoms with Crippen molar-refractivity contribution in [2.24, 2.45) is 0 Å². The van der Waals surface area contributed by atoms with Gasteiger partial charge in [-0.1, -0.05) is 54.6 Å². The molecule has 9 rings (SSSR count). The van der Waals surface area contributed by atoms with Crippen LogP contribution in [0.2, 0.25) is 0 Å². The fourth-order valence-corrected chi connectivity index (χ4v) is 6.86. The van der Waals surface area contributed by atoms with Crippen LogP contribution >= 0.6 is 0 Å². The number of para-hydroxylation sites is 2. The Bertz CT molecular complexity index is 2030. The SMILES string of the molecule is c1ccc2c(c1)Oc1cccc(-n3c4ccccc4c4ccncc43)c1C21c2cccnc2-c2ncccc21. The van der Waals surface area contributed by atoms with Crippen molar-refractivity contribution in [1.82, 2.24) is 19.5 Å². The van der Waals surface area contributed by atoms with E-state index in [1.807, 2.05) is 43.0 Å². The van der Waals surface area contributed by atoms with Crippen LogP contribution in [-0.2, 0) is 5.41 Å². The number of pyridine rings is 3. The van der Waals surface area contributed by atoms with Crippen LogP contribution in [-0.4, -0.2) is 19.5 Å². The Labute approximate surface area is 224 Å². The average Bonchev–Trinajstić information content (AvgIpc) is 3.49. The minimum Gasteiger partial charge on any atom is -0.457 e. The molecule has 2 aliphatic rings. The first-order chi connectivity index (χ1) is 19.4. The maximum absolute atomic E-state index is 6.69. The zero-order valence-electron chi connectivity index (χ0n) is 20.7. The fourth-order valence-electron chi connectivity index (χ4n) is 6.86.